The maximum atomic E-state index is 13.7. The summed E-state index contributed by atoms with van der Waals surface area (Å²) in [7, 11) is 2.00. The molecule has 1 saturated heterocycles. The van der Waals surface area contributed by atoms with Gasteiger partial charge in [0.2, 0.25) is 0 Å². The normalized spacial score (nSPS) is 15.3. The molecular weight excluding hydrogens is 446 g/mol. The SMILES string of the molecule is C[N+]1(C(=O)c2ccc(C(=O)c3c(-c4ccc(O)cc4)sc4cc(O)ccc34)cc2)CCCCC1. The van der Waals surface area contributed by atoms with Gasteiger partial charge in [0.1, 0.15) is 11.5 Å². The average Bonchev–Trinajstić information content (AvgIpc) is 3.22. The molecule has 0 atom stereocenters. The van der Waals surface area contributed by atoms with E-state index in [1.165, 1.54) is 17.8 Å². The van der Waals surface area contributed by atoms with Crippen LogP contribution in [0.3, 0.4) is 0 Å². The Morgan fingerprint density at radius 1 is 0.794 bits per heavy atom. The lowest BCUT2D eigenvalue weighted by Crippen LogP contribution is -2.52. The Morgan fingerprint density at radius 2 is 1.41 bits per heavy atom. The summed E-state index contributed by atoms with van der Waals surface area (Å²) in [4.78, 5) is 27.6. The molecule has 6 heteroatoms. The molecule has 3 aromatic carbocycles. The zero-order valence-electron chi connectivity index (χ0n) is 19.0. The van der Waals surface area contributed by atoms with Gasteiger partial charge in [0.25, 0.3) is 0 Å². The highest BCUT2D eigenvalue weighted by molar-refractivity contribution is 7.22. The van der Waals surface area contributed by atoms with E-state index < -0.39 is 0 Å². The maximum absolute atomic E-state index is 13.7. The number of hydrogen-bond donors (Lipinski definition) is 2. The number of phenolic OH excluding ortho intramolecular Hbond substituents is 2. The van der Waals surface area contributed by atoms with Gasteiger partial charge in [-0.15, -0.1) is 11.3 Å². The van der Waals surface area contributed by atoms with Gasteiger partial charge >= 0.3 is 5.91 Å². The van der Waals surface area contributed by atoms with Crippen molar-refractivity contribution in [3.63, 3.8) is 0 Å². The van der Waals surface area contributed by atoms with Gasteiger partial charge in [0.05, 0.1) is 25.7 Å². The minimum absolute atomic E-state index is 0.0972. The molecule has 1 aliphatic rings. The Kier molecular flexibility index (Phi) is 5.71. The number of quaternary nitrogens is 1. The van der Waals surface area contributed by atoms with E-state index in [4.69, 9.17) is 0 Å². The molecule has 1 aromatic heterocycles. The average molecular weight is 473 g/mol. The van der Waals surface area contributed by atoms with E-state index >= 15 is 0 Å². The third-order valence-electron chi connectivity index (χ3n) is 6.72. The number of carbonyl (C=O) groups is 2. The second-order valence-corrected chi connectivity index (χ2v) is 10.2. The highest BCUT2D eigenvalue weighted by Crippen LogP contribution is 2.41. The fraction of sp³-hybridized carbons (Fsp3) is 0.214. The van der Waals surface area contributed by atoms with Crippen LogP contribution in [-0.2, 0) is 0 Å². The topological polar surface area (TPSA) is 74.6 Å². The molecule has 5 nitrogen and oxygen atoms in total. The summed E-state index contributed by atoms with van der Waals surface area (Å²) < 4.78 is 1.22. The van der Waals surface area contributed by atoms with Crippen LogP contribution in [0.5, 0.6) is 11.5 Å². The van der Waals surface area contributed by atoms with E-state index in [0.29, 0.717) is 21.2 Å². The molecule has 1 aliphatic heterocycles. The number of amides is 1. The number of carbonyl (C=O) groups excluding carboxylic acids is 2. The second-order valence-electron chi connectivity index (χ2n) is 9.15. The highest BCUT2D eigenvalue weighted by atomic mass is 32.1. The van der Waals surface area contributed by atoms with Crippen molar-refractivity contribution >= 4 is 33.1 Å². The Bertz CT molecular complexity index is 1380. The lowest BCUT2D eigenvalue weighted by molar-refractivity contribution is -0.834. The first-order valence-corrected chi connectivity index (χ1v) is 12.3. The van der Waals surface area contributed by atoms with Crippen LogP contribution in [0.1, 0.15) is 45.5 Å². The number of fused-ring (bicyclic) bond motifs is 1. The van der Waals surface area contributed by atoms with Crippen molar-refractivity contribution in [2.75, 3.05) is 20.1 Å². The summed E-state index contributed by atoms with van der Waals surface area (Å²) in [5, 5.41) is 20.4. The maximum Gasteiger partial charge on any atom is 0.345 e. The standard InChI is InChI=1S/C28H25NO4S/c1-29(15-3-2-4-16-29)28(33)20-7-5-18(6-8-20)26(32)25-23-14-13-22(31)17-24(23)34-27(25)19-9-11-21(30)12-10-19/h5-14,17H,2-4,15-16H2,1H3,(H-,30,31,32,33)/p+1. The first kappa shape index (κ1) is 22.3. The first-order valence-electron chi connectivity index (χ1n) is 11.4. The number of nitrogens with zero attached hydrogens (tertiary/aromatic N) is 1. The van der Waals surface area contributed by atoms with Gasteiger partial charge in [-0.05, 0) is 79.4 Å². The van der Waals surface area contributed by atoms with Crippen molar-refractivity contribution in [3.05, 3.63) is 83.4 Å². The minimum Gasteiger partial charge on any atom is -0.508 e. The molecular formula is C28H26NO4S+. The smallest absolute Gasteiger partial charge is 0.345 e. The van der Waals surface area contributed by atoms with Crippen LogP contribution in [0.2, 0.25) is 0 Å². The van der Waals surface area contributed by atoms with Crippen LogP contribution in [0.4, 0.5) is 0 Å². The molecule has 2 N–H and O–H groups in total. The zero-order chi connectivity index (χ0) is 23.9. The van der Waals surface area contributed by atoms with Gasteiger partial charge in [-0.2, -0.15) is 0 Å². The van der Waals surface area contributed by atoms with Crippen molar-refractivity contribution < 1.29 is 24.3 Å². The molecule has 2 heterocycles. The van der Waals surface area contributed by atoms with Crippen molar-refractivity contribution in [1.29, 1.82) is 0 Å². The van der Waals surface area contributed by atoms with Crippen LogP contribution < -0.4 is 0 Å². The predicted octanol–water partition coefficient (Wildman–Crippen LogP) is 5.98. The van der Waals surface area contributed by atoms with Crippen LogP contribution in [0.15, 0.2) is 66.7 Å². The fourth-order valence-corrected chi connectivity index (χ4v) is 6.00. The van der Waals surface area contributed by atoms with E-state index in [0.717, 1.165) is 46.5 Å². The largest absolute Gasteiger partial charge is 0.508 e. The lowest BCUT2D eigenvalue weighted by atomic mass is 9.96. The van der Waals surface area contributed by atoms with E-state index in [2.05, 4.69) is 0 Å². The zero-order valence-corrected chi connectivity index (χ0v) is 19.8. The van der Waals surface area contributed by atoms with Gasteiger partial charge in [-0.1, -0.05) is 12.1 Å². The Labute approximate surface area is 202 Å². The van der Waals surface area contributed by atoms with E-state index in [1.807, 2.05) is 7.05 Å². The summed E-state index contributed by atoms with van der Waals surface area (Å²) in [6, 6.07) is 18.7. The van der Waals surface area contributed by atoms with Gasteiger partial charge in [0, 0.05) is 26.1 Å². The molecule has 172 valence electrons. The highest BCUT2D eigenvalue weighted by Gasteiger charge is 2.34. The summed E-state index contributed by atoms with van der Waals surface area (Å²) in [5.74, 6) is 0.250. The predicted molar refractivity (Wildman–Crippen MR) is 135 cm³/mol. The number of piperidine rings is 1. The fourth-order valence-electron chi connectivity index (χ4n) is 4.76. The van der Waals surface area contributed by atoms with E-state index in [9.17, 15) is 19.8 Å². The summed E-state index contributed by atoms with van der Waals surface area (Å²) in [5.41, 5.74) is 2.50. The van der Waals surface area contributed by atoms with Gasteiger partial charge in [-0.3, -0.25) is 9.28 Å². The second kappa shape index (κ2) is 8.70. The number of rotatable bonds is 4. The van der Waals surface area contributed by atoms with Crippen molar-refractivity contribution in [1.82, 2.24) is 0 Å². The molecule has 0 saturated carbocycles. The lowest BCUT2D eigenvalue weighted by Gasteiger charge is -2.34. The third-order valence-corrected chi connectivity index (χ3v) is 7.92. The number of aromatic hydroxyl groups is 2. The molecule has 0 radical (unpaired) electrons. The van der Waals surface area contributed by atoms with Gasteiger partial charge < -0.3 is 10.2 Å². The Balaban J connectivity index is 1.54. The van der Waals surface area contributed by atoms with Crippen molar-refractivity contribution in [2.24, 2.45) is 0 Å². The molecule has 1 fully saturated rings. The summed E-state index contributed by atoms with van der Waals surface area (Å²) >= 11 is 1.43. The number of hydrogen-bond acceptors (Lipinski definition) is 5. The number of ketones is 1. The minimum atomic E-state index is -0.141. The molecule has 0 spiro atoms. The molecule has 0 aliphatic carbocycles. The first-order chi connectivity index (χ1) is 16.4. The summed E-state index contributed by atoms with van der Waals surface area (Å²) in [6.45, 7) is 1.70. The quantitative estimate of drug-likeness (QED) is 0.283. The molecule has 0 bridgehead atoms. The molecule has 4 aromatic rings. The molecule has 0 unspecified atom stereocenters. The van der Waals surface area contributed by atoms with Crippen molar-refractivity contribution in [3.8, 4) is 21.9 Å². The third kappa shape index (κ3) is 4.00. The Morgan fingerprint density at radius 3 is 2.09 bits per heavy atom. The molecule has 1 amide bonds. The van der Waals surface area contributed by atoms with Gasteiger partial charge in [0.15, 0.2) is 5.78 Å². The Hall–Kier alpha value is -3.48. The van der Waals surface area contributed by atoms with E-state index in [-0.39, 0.29) is 23.2 Å². The van der Waals surface area contributed by atoms with E-state index in [1.54, 1.807) is 66.7 Å². The molecule has 34 heavy (non-hydrogen) atoms. The number of thiophene rings is 1. The van der Waals surface area contributed by atoms with Crippen LogP contribution in [0.25, 0.3) is 20.5 Å². The monoisotopic (exact) mass is 472 g/mol. The number of phenols is 2. The van der Waals surface area contributed by atoms with Crippen molar-refractivity contribution in [2.45, 2.75) is 19.3 Å². The number of benzene rings is 3. The van der Waals surface area contributed by atoms with Gasteiger partial charge in [-0.25, -0.2) is 4.79 Å². The summed E-state index contributed by atoms with van der Waals surface area (Å²) in [6.07, 6.45) is 3.28. The van der Waals surface area contributed by atoms with Crippen LogP contribution in [0, 0.1) is 0 Å². The van der Waals surface area contributed by atoms with Crippen LogP contribution in [-0.4, -0.2) is 46.5 Å². The van der Waals surface area contributed by atoms with Crippen LogP contribution >= 0.6 is 11.3 Å². The number of likely N-dealkylation sites (tertiary alicyclic amines) is 1. The molecule has 5 rings (SSSR count).